The quantitative estimate of drug-likeness (QED) is 0.606. The number of nitrogens with one attached hydrogen (secondary N) is 1. The van der Waals surface area contributed by atoms with Crippen LogP contribution in [0.15, 0.2) is 48.5 Å². The number of alkyl carbamates (subject to hydrolysis) is 1. The van der Waals surface area contributed by atoms with E-state index in [0.29, 0.717) is 6.61 Å². The van der Waals surface area contributed by atoms with E-state index in [1.54, 1.807) is 0 Å². The Balaban J connectivity index is 1.28. The number of ether oxygens (including phenoxy) is 2. The van der Waals surface area contributed by atoms with Crippen LogP contribution in [0.5, 0.6) is 0 Å². The van der Waals surface area contributed by atoms with Gasteiger partial charge in [-0.25, -0.2) is 4.79 Å². The lowest BCUT2D eigenvalue weighted by atomic mass is 9.98. The SMILES string of the molecule is CCOC(CNC(=O)OCC1c2ccccc2-c2ccccc21)CC(=O)N1CC(C(=O)O)C1. The van der Waals surface area contributed by atoms with Crippen molar-refractivity contribution >= 4 is 18.0 Å². The van der Waals surface area contributed by atoms with E-state index in [4.69, 9.17) is 14.6 Å². The summed E-state index contributed by atoms with van der Waals surface area (Å²) in [6.45, 7) is 2.98. The van der Waals surface area contributed by atoms with E-state index < -0.39 is 24.1 Å². The Kier molecular flexibility index (Phi) is 6.93. The van der Waals surface area contributed by atoms with Crippen molar-refractivity contribution < 1.29 is 29.0 Å². The number of likely N-dealkylation sites (tertiary alicyclic amines) is 1. The third kappa shape index (κ3) is 5.01. The van der Waals surface area contributed by atoms with Crippen LogP contribution in [-0.2, 0) is 19.1 Å². The number of benzene rings is 2. The zero-order valence-corrected chi connectivity index (χ0v) is 18.5. The van der Waals surface area contributed by atoms with Gasteiger partial charge in [0.2, 0.25) is 5.91 Å². The summed E-state index contributed by atoms with van der Waals surface area (Å²) in [5.74, 6) is -1.60. The van der Waals surface area contributed by atoms with Gasteiger partial charge in [-0.2, -0.15) is 0 Å². The Labute approximate surface area is 192 Å². The summed E-state index contributed by atoms with van der Waals surface area (Å²) in [4.78, 5) is 37.2. The molecule has 1 aliphatic carbocycles. The molecule has 0 radical (unpaired) electrons. The summed E-state index contributed by atoms with van der Waals surface area (Å²) in [6, 6.07) is 16.2. The molecular formula is C25H28N2O6. The van der Waals surface area contributed by atoms with Crippen molar-refractivity contribution in [3.63, 3.8) is 0 Å². The summed E-state index contributed by atoms with van der Waals surface area (Å²) >= 11 is 0. The van der Waals surface area contributed by atoms with Gasteiger partial charge < -0.3 is 24.8 Å². The molecule has 0 bridgehead atoms. The number of amides is 2. The molecule has 8 nitrogen and oxygen atoms in total. The van der Waals surface area contributed by atoms with Crippen LogP contribution in [0, 0.1) is 5.92 Å². The predicted octanol–water partition coefficient (Wildman–Crippen LogP) is 2.86. The van der Waals surface area contributed by atoms with Gasteiger partial charge in [0, 0.05) is 32.2 Å². The fourth-order valence-corrected chi connectivity index (χ4v) is 4.43. The maximum atomic E-state index is 12.4. The molecule has 1 saturated heterocycles. The number of carbonyl (C=O) groups excluding carboxylic acids is 2. The lowest BCUT2D eigenvalue weighted by Gasteiger charge is -2.37. The Morgan fingerprint density at radius 1 is 1.06 bits per heavy atom. The second-order valence-electron chi connectivity index (χ2n) is 8.32. The average Bonchev–Trinajstić information content (AvgIpc) is 3.08. The van der Waals surface area contributed by atoms with Crippen LogP contribution >= 0.6 is 0 Å². The van der Waals surface area contributed by atoms with Crippen molar-refractivity contribution in [2.24, 2.45) is 5.92 Å². The molecule has 1 heterocycles. The molecule has 1 fully saturated rings. The molecule has 2 amide bonds. The van der Waals surface area contributed by atoms with Gasteiger partial charge in [-0.3, -0.25) is 9.59 Å². The number of hydrogen-bond acceptors (Lipinski definition) is 5. The van der Waals surface area contributed by atoms with Gasteiger partial charge in [0.15, 0.2) is 0 Å². The predicted molar refractivity (Wildman–Crippen MR) is 121 cm³/mol. The average molecular weight is 453 g/mol. The molecule has 33 heavy (non-hydrogen) atoms. The highest BCUT2D eigenvalue weighted by molar-refractivity contribution is 5.81. The van der Waals surface area contributed by atoms with Gasteiger partial charge in [-0.1, -0.05) is 48.5 Å². The minimum absolute atomic E-state index is 0.0268. The number of rotatable bonds is 9. The molecule has 1 unspecified atom stereocenters. The first-order valence-corrected chi connectivity index (χ1v) is 11.2. The van der Waals surface area contributed by atoms with E-state index in [0.717, 1.165) is 22.3 Å². The highest BCUT2D eigenvalue weighted by atomic mass is 16.5. The summed E-state index contributed by atoms with van der Waals surface area (Å²) in [5.41, 5.74) is 4.60. The number of nitrogens with zero attached hydrogens (tertiary/aromatic N) is 1. The Morgan fingerprint density at radius 3 is 2.24 bits per heavy atom. The summed E-state index contributed by atoms with van der Waals surface area (Å²) < 4.78 is 11.1. The number of hydrogen-bond donors (Lipinski definition) is 2. The first-order chi connectivity index (χ1) is 16.0. The standard InChI is InChI=1S/C25H28N2O6/c1-2-32-17(11-23(28)27-13-16(14-27)24(29)30)12-26-25(31)33-15-22-20-9-5-3-7-18(20)19-8-4-6-10-21(19)22/h3-10,16-17,22H,2,11-15H2,1H3,(H,26,31)(H,29,30). The van der Waals surface area contributed by atoms with Crippen molar-refractivity contribution in [2.75, 3.05) is 32.8 Å². The molecule has 2 aromatic rings. The number of aliphatic carboxylic acids is 1. The number of carbonyl (C=O) groups is 3. The Hall–Kier alpha value is -3.39. The van der Waals surface area contributed by atoms with Crippen LogP contribution in [0.4, 0.5) is 4.79 Å². The Bertz CT molecular complexity index is 988. The normalized spacial score (nSPS) is 15.8. The van der Waals surface area contributed by atoms with Gasteiger partial charge in [-0.05, 0) is 29.2 Å². The molecule has 0 saturated carbocycles. The van der Waals surface area contributed by atoms with Crippen molar-refractivity contribution in [3.8, 4) is 11.1 Å². The highest BCUT2D eigenvalue weighted by Crippen LogP contribution is 2.44. The second kappa shape index (κ2) is 10.0. The van der Waals surface area contributed by atoms with Crippen molar-refractivity contribution in [1.82, 2.24) is 10.2 Å². The number of carboxylic acids is 1. The molecule has 1 aliphatic heterocycles. The number of fused-ring (bicyclic) bond motifs is 3. The maximum absolute atomic E-state index is 12.4. The van der Waals surface area contributed by atoms with Crippen LogP contribution in [0.3, 0.4) is 0 Å². The van der Waals surface area contributed by atoms with Gasteiger partial charge in [0.25, 0.3) is 0 Å². The summed E-state index contributed by atoms with van der Waals surface area (Å²) in [6.07, 6.45) is -1.00. The number of carboxylic acid groups (broad SMARTS) is 1. The third-order valence-corrected chi connectivity index (χ3v) is 6.21. The highest BCUT2D eigenvalue weighted by Gasteiger charge is 2.36. The van der Waals surface area contributed by atoms with Gasteiger partial charge >= 0.3 is 12.1 Å². The van der Waals surface area contributed by atoms with E-state index in [9.17, 15) is 14.4 Å². The monoisotopic (exact) mass is 452 g/mol. The fraction of sp³-hybridized carbons (Fsp3) is 0.400. The summed E-state index contributed by atoms with van der Waals surface area (Å²) in [7, 11) is 0. The molecule has 2 aromatic carbocycles. The first kappa shape index (κ1) is 22.8. The molecule has 8 heteroatoms. The smallest absolute Gasteiger partial charge is 0.407 e. The lowest BCUT2D eigenvalue weighted by molar-refractivity contribution is -0.153. The molecule has 1 atom stereocenters. The van der Waals surface area contributed by atoms with Crippen LogP contribution in [0.1, 0.15) is 30.4 Å². The first-order valence-electron chi connectivity index (χ1n) is 11.2. The molecule has 4 rings (SSSR count). The molecule has 174 valence electrons. The molecule has 0 spiro atoms. The van der Waals surface area contributed by atoms with Crippen LogP contribution < -0.4 is 5.32 Å². The third-order valence-electron chi connectivity index (χ3n) is 6.21. The largest absolute Gasteiger partial charge is 0.481 e. The topological polar surface area (TPSA) is 105 Å². The Morgan fingerprint density at radius 2 is 1.67 bits per heavy atom. The minimum atomic E-state index is -0.891. The van der Waals surface area contributed by atoms with Crippen LogP contribution in [-0.4, -0.2) is 66.9 Å². The van der Waals surface area contributed by atoms with E-state index in [2.05, 4.69) is 29.6 Å². The van der Waals surface area contributed by atoms with Crippen molar-refractivity contribution in [1.29, 1.82) is 0 Å². The zero-order chi connectivity index (χ0) is 23.4. The molecular weight excluding hydrogens is 424 g/mol. The van der Waals surface area contributed by atoms with Gasteiger partial charge in [0.1, 0.15) is 6.61 Å². The maximum Gasteiger partial charge on any atom is 0.407 e. The molecule has 2 N–H and O–H groups in total. The van der Waals surface area contributed by atoms with Crippen LogP contribution in [0.25, 0.3) is 11.1 Å². The minimum Gasteiger partial charge on any atom is -0.481 e. The second-order valence-corrected chi connectivity index (χ2v) is 8.32. The van der Waals surface area contributed by atoms with E-state index >= 15 is 0 Å². The lowest BCUT2D eigenvalue weighted by Crippen LogP contribution is -2.54. The fourth-order valence-electron chi connectivity index (χ4n) is 4.43. The van der Waals surface area contributed by atoms with E-state index in [1.807, 2.05) is 31.2 Å². The van der Waals surface area contributed by atoms with Gasteiger partial charge in [-0.15, -0.1) is 0 Å². The van der Waals surface area contributed by atoms with E-state index in [-0.39, 0.29) is 44.5 Å². The van der Waals surface area contributed by atoms with Gasteiger partial charge in [0.05, 0.1) is 18.4 Å². The zero-order valence-electron chi connectivity index (χ0n) is 18.5. The molecule has 0 aromatic heterocycles. The molecule has 2 aliphatic rings. The van der Waals surface area contributed by atoms with E-state index in [1.165, 1.54) is 4.90 Å². The summed E-state index contributed by atoms with van der Waals surface area (Å²) in [5, 5.41) is 11.7. The van der Waals surface area contributed by atoms with Crippen molar-refractivity contribution in [2.45, 2.75) is 25.4 Å². The van der Waals surface area contributed by atoms with Crippen LogP contribution in [0.2, 0.25) is 0 Å². The van der Waals surface area contributed by atoms with Crippen molar-refractivity contribution in [3.05, 3.63) is 59.7 Å².